The third kappa shape index (κ3) is 2.00. The van der Waals surface area contributed by atoms with Crippen LogP contribution < -0.4 is 5.32 Å². The summed E-state index contributed by atoms with van der Waals surface area (Å²) in [6.45, 7) is 8.58. The van der Waals surface area contributed by atoms with Gasteiger partial charge in [-0.2, -0.15) is 0 Å². The van der Waals surface area contributed by atoms with Gasteiger partial charge in [-0.25, -0.2) is 0 Å². The third-order valence-electron chi connectivity index (χ3n) is 5.54. The van der Waals surface area contributed by atoms with Crippen LogP contribution in [0.4, 0.5) is 0 Å². The summed E-state index contributed by atoms with van der Waals surface area (Å²) in [7, 11) is 0. The predicted octanol–water partition coefficient (Wildman–Crippen LogP) is 2.35. The van der Waals surface area contributed by atoms with Gasteiger partial charge >= 0.3 is 0 Å². The molecule has 104 valence electrons. The normalized spacial score (nSPS) is 45.2. The maximum Gasteiger partial charge on any atom is 0.0940 e. The highest BCUT2D eigenvalue weighted by Crippen LogP contribution is 2.45. The van der Waals surface area contributed by atoms with Crippen LogP contribution in [0.3, 0.4) is 0 Å². The molecule has 3 saturated heterocycles. The fraction of sp³-hybridized carbons (Fsp3) is 1.00. The first kappa shape index (κ1) is 12.9. The molecule has 0 radical (unpaired) electrons. The van der Waals surface area contributed by atoms with Gasteiger partial charge in [0.05, 0.1) is 12.2 Å². The summed E-state index contributed by atoms with van der Waals surface area (Å²) in [6.07, 6.45) is 6.17. The molecular formula is C15H27NO2. The molecule has 3 heteroatoms. The maximum atomic E-state index is 6.09. The minimum absolute atomic E-state index is 0.0507. The first-order valence-electron chi connectivity index (χ1n) is 7.64. The van der Waals surface area contributed by atoms with Gasteiger partial charge in [0.1, 0.15) is 0 Å². The fourth-order valence-electron chi connectivity index (χ4n) is 4.43. The van der Waals surface area contributed by atoms with Gasteiger partial charge in [-0.15, -0.1) is 0 Å². The van der Waals surface area contributed by atoms with E-state index in [1.54, 1.807) is 0 Å². The minimum Gasteiger partial charge on any atom is -0.378 e. The average molecular weight is 253 g/mol. The van der Waals surface area contributed by atoms with Crippen molar-refractivity contribution in [3.63, 3.8) is 0 Å². The Morgan fingerprint density at radius 2 is 2.11 bits per heavy atom. The summed E-state index contributed by atoms with van der Waals surface area (Å²) in [6, 6.07) is 0. The van der Waals surface area contributed by atoms with E-state index >= 15 is 0 Å². The van der Waals surface area contributed by atoms with Crippen LogP contribution in [0.15, 0.2) is 0 Å². The molecule has 3 atom stereocenters. The zero-order valence-electron chi connectivity index (χ0n) is 11.8. The molecule has 18 heavy (non-hydrogen) atoms. The predicted molar refractivity (Wildman–Crippen MR) is 71.6 cm³/mol. The molecule has 0 aliphatic carbocycles. The van der Waals surface area contributed by atoms with Gasteiger partial charge in [0.2, 0.25) is 0 Å². The molecule has 0 aromatic heterocycles. The lowest BCUT2D eigenvalue weighted by atomic mass is 9.67. The molecule has 3 aliphatic heterocycles. The van der Waals surface area contributed by atoms with Gasteiger partial charge in [0.15, 0.2) is 0 Å². The van der Waals surface area contributed by atoms with E-state index in [4.69, 9.17) is 9.47 Å². The van der Waals surface area contributed by atoms with Crippen molar-refractivity contribution in [3.05, 3.63) is 0 Å². The lowest BCUT2D eigenvalue weighted by Gasteiger charge is -2.48. The van der Waals surface area contributed by atoms with E-state index in [0.29, 0.717) is 11.5 Å². The summed E-state index contributed by atoms with van der Waals surface area (Å²) < 4.78 is 11.7. The van der Waals surface area contributed by atoms with E-state index in [9.17, 15) is 0 Å². The molecule has 3 fully saturated rings. The van der Waals surface area contributed by atoms with Crippen molar-refractivity contribution in [2.24, 2.45) is 11.8 Å². The van der Waals surface area contributed by atoms with E-state index < -0.39 is 0 Å². The highest BCUT2D eigenvalue weighted by Gasteiger charge is 2.50. The second-order valence-corrected chi connectivity index (χ2v) is 6.75. The summed E-state index contributed by atoms with van der Waals surface area (Å²) in [5, 5.41) is 3.85. The van der Waals surface area contributed by atoms with Crippen LogP contribution in [0.2, 0.25) is 0 Å². The van der Waals surface area contributed by atoms with Crippen molar-refractivity contribution in [2.75, 3.05) is 26.4 Å². The number of ether oxygens (including phenoxy) is 2. The van der Waals surface area contributed by atoms with Gasteiger partial charge in [-0.1, -0.05) is 13.8 Å². The molecule has 3 heterocycles. The third-order valence-corrected chi connectivity index (χ3v) is 5.54. The highest BCUT2D eigenvalue weighted by molar-refractivity contribution is 5.05. The lowest BCUT2D eigenvalue weighted by molar-refractivity contribution is -0.115. The standard InChI is InChI=1S/C15H27NO2/c1-12(2)15(5-3-7-16-15)13-4-8-18-14(10-13)6-9-17-11-14/h12-13,16H,3-11H2,1-2H3. The monoisotopic (exact) mass is 253 g/mol. The SMILES string of the molecule is CC(C)C1(C2CCOC3(CCOC3)C2)CCCN1. The Balaban J connectivity index is 1.78. The van der Waals surface area contributed by atoms with Crippen molar-refractivity contribution >= 4 is 0 Å². The van der Waals surface area contributed by atoms with Gasteiger partial charge in [-0.3, -0.25) is 0 Å². The summed E-state index contributed by atoms with van der Waals surface area (Å²) >= 11 is 0. The molecule has 0 aromatic carbocycles. The number of nitrogens with one attached hydrogen (secondary N) is 1. The molecule has 0 bridgehead atoms. The zero-order valence-corrected chi connectivity index (χ0v) is 11.8. The molecule has 3 rings (SSSR count). The van der Waals surface area contributed by atoms with Gasteiger partial charge < -0.3 is 14.8 Å². The Hall–Kier alpha value is -0.120. The Bertz CT molecular complexity index is 291. The summed E-state index contributed by atoms with van der Waals surface area (Å²) in [5.74, 6) is 1.47. The zero-order chi connectivity index (χ0) is 12.6. The van der Waals surface area contributed by atoms with Crippen LogP contribution in [0.1, 0.15) is 46.0 Å². The number of rotatable bonds is 2. The second-order valence-electron chi connectivity index (χ2n) is 6.75. The quantitative estimate of drug-likeness (QED) is 0.819. The minimum atomic E-state index is 0.0507. The Morgan fingerprint density at radius 3 is 2.72 bits per heavy atom. The van der Waals surface area contributed by atoms with Gasteiger partial charge in [0.25, 0.3) is 0 Å². The van der Waals surface area contributed by atoms with Crippen LogP contribution in [0, 0.1) is 11.8 Å². The summed E-state index contributed by atoms with van der Waals surface area (Å²) in [4.78, 5) is 0. The second kappa shape index (κ2) is 4.77. The molecule has 1 N–H and O–H groups in total. The van der Waals surface area contributed by atoms with Crippen molar-refractivity contribution in [1.82, 2.24) is 5.32 Å². The smallest absolute Gasteiger partial charge is 0.0940 e. The number of hydrogen-bond acceptors (Lipinski definition) is 3. The summed E-state index contributed by atoms with van der Waals surface area (Å²) in [5.41, 5.74) is 0.411. The first-order valence-corrected chi connectivity index (χ1v) is 7.64. The molecule has 3 unspecified atom stereocenters. The van der Waals surface area contributed by atoms with Crippen LogP contribution >= 0.6 is 0 Å². The van der Waals surface area contributed by atoms with Gasteiger partial charge in [-0.05, 0) is 44.1 Å². The topological polar surface area (TPSA) is 30.5 Å². The van der Waals surface area contributed by atoms with Crippen molar-refractivity contribution in [3.8, 4) is 0 Å². The lowest BCUT2D eigenvalue weighted by Crippen LogP contribution is -2.56. The van der Waals surface area contributed by atoms with E-state index in [-0.39, 0.29) is 5.60 Å². The van der Waals surface area contributed by atoms with Crippen LogP contribution in [-0.2, 0) is 9.47 Å². The Morgan fingerprint density at radius 1 is 1.22 bits per heavy atom. The molecule has 0 amide bonds. The largest absolute Gasteiger partial charge is 0.378 e. The van der Waals surface area contributed by atoms with E-state index in [1.165, 1.54) is 32.2 Å². The van der Waals surface area contributed by atoms with Crippen LogP contribution in [0.5, 0.6) is 0 Å². The van der Waals surface area contributed by atoms with Crippen molar-refractivity contribution in [1.29, 1.82) is 0 Å². The van der Waals surface area contributed by atoms with Gasteiger partial charge in [0, 0.05) is 25.2 Å². The van der Waals surface area contributed by atoms with Crippen molar-refractivity contribution < 1.29 is 9.47 Å². The maximum absolute atomic E-state index is 6.09. The number of hydrogen-bond donors (Lipinski definition) is 1. The van der Waals surface area contributed by atoms with Crippen LogP contribution in [-0.4, -0.2) is 37.5 Å². The molecule has 3 aliphatic rings. The molecule has 0 saturated carbocycles. The van der Waals surface area contributed by atoms with E-state index in [0.717, 1.165) is 32.2 Å². The van der Waals surface area contributed by atoms with Crippen molar-refractivity contribution in [2.45, 2.75) is 57.1 Å². The average Bonchev–Trinajstić information content (AvgIpc) is 2.99. The van der Waals surface area contributed by atoms with Crippen LogP contribution in [0.25, 0.3) is 0 Å². The van der Waals surface area contributed by atoms with E-state index in [2.05, 4.69) is 19.2 Å². The highest BCUT2D eigenvalue weighted by atomic mass is 16.6. The molecule has 0 aromatic rings. The Labute approximate surface area is 111 Å². The molecule has 3 nitrogen and oxygen atoms in total. The van der Waals surface area contributed by atoms with E-state index in [1.807, 2.05) is 0 Å². The fourth-order valence-corrected chi connectivity index (χ4v) is 4.43. The molecular weight excluding hydrogens is 226 g/mol. The Kier molecular flexibility index (Phi) is 3.41. The molecule has 1 spiro atoms. The first-order chi connectivity index (χ1) is 8.67.